The highest BCUT2D eigenvalue weighted by Crippen LogP contribution is 2.29. The highest BCUT2D eigenvalue weighted by atomic mass is 19.4. The van der Waals surface area contributed by atoms with Gasteiger partial charge in [0.25, 0.3) is 0 Å². The maximum Gasteiger partial charge on any atom is 0.417 e. The van der Waals surface area contributed by atoms with Gasteiger partial charge in [-0.2, -0.15) is 13.2 Å². The van der Waals surface area contributed by atoms with Crippen LogP contribution >= 0.6 is 0 Å². The van der Waals surface area contributed by atoms with Crippen molar-refractivity contribution >= 4 is 11.7 Å². The van der Waals surface area contributed by atoms with Gasteiger partial charge in [-0.15, -0.1) is 0 Å². The highest BCUT2D eigenvalue weighted by Gasteiger charge is 2.36. The first-order chi connectivity index (χ1) is 9.57. The smallest absolute Gasteiger partial charge is 0.365 e. The fourth-order valence-corrected chi connectivity index (χ4v) is 2.31. The molecule has 0 bridgehead atoms. The van der Waals surface area contributed by atoms with Gasteiger partial charge >= 0.3 is 6.18 Å². The lowest BCUT2D eigenvalue weighted by molar-refractivity contribution is -0.137. The fraction of sp³-hybridized carbons (Fsp3) is 0.571. The average Bonchev–Trinajstić information content (AvgIpc) is 2.69. The third kappa shape index (κ3) is 3.65. The minimum atomic E-state index is -4.39. The third-order valence-electron chi connectivity index (χ3n) is 3.38. The Balaban J connectivity index is 2.02. The second-order valence-corrected chi connectivity index (χ2v) is 6.15. The van der Waals surface area contributed by atoms with Crippen molar-refractivity contribution in [3.05, 3.63) is 23.9 Å². The number of pyridine rings is 1. The molecule has 7 heteroatoms. The van der Waals surface area contributed by atoms with E-state index in [1.54, 1.807) is 4.90 Å². The number of anilines is 1. The molecule has 0 spiro atoms. The SMILES string of the molecule is CC(C)(C)N1CC(Nc2ccc(C(F)(F)F)cn2)CC1=O. The van der Waals surface area contributed by atoms with E-state index in [1.807, 2.05) is 20.8 Å². The van der Waals surface area contributed by atoms with Gasteiger partial charge in [-0.25, -0.2) is 4.98 Å². The second-order valence-electron chi connectivity index (χ2n) is 6.15. The Bertz CT molecular complexity index is 520. The van der Waals surface area contributed by atoms with E-state index in [9.17, 15) is 18.0 Å². The minimum Gasteiger partial charge on any atom is -0.365 e. The Morgan fingerprint density at radius 1 is 1.29 bits per heavy atom. The van der Waals surface area contributed by atoms with Crippen LogP contribution in [-0.4, -0.2) is 33.9 Å². The van der Waals surface area contributed by atoms with E-state index in [2.05, 4.69) is 10.3 Å². The third-order valence-corrected chi connectivity index (χ3v) is 3.38. The van der Waals surface area contributed by atoms with Crippen LogP contribution < -0.4 is 5.32 Å². The summed E-state index contributed by atoms with van der Waals surface area (Å²) in [5, 5.41) is 3.01. The van der Waals surface area contributed by atoms with Crippen LogP contribution in [0, 0.1) is 0 Å². The van der Waals surface area contributed by atoms with Gasteiger partial charge in [-0.1, -0.05) is 0 Å². The molecular formula is C14H18F3N3O. The predicted octanol–water partition coefficient (Wildman–Crippen LogP) is 2.91. The molecule has 0 aliphatic carbocycles. The van der Waals surface area contributed by atoms with Gasteiger partial charge in [0, 0.05) is 24.7 Å². The first-order valence-corrected chi connectivity index (χ1v) is 6.67. The molecule has 1 aliphatic rings. The molecule has 116 valence electrons. The summed E-state index contributed by atoms with van der Waals surface area (Å²) < 4.78 is 37.3. The van der Waals surface area contributed by atoms with Crippen molar-refractivity contribution in [3.8, 4) is 0 Å². The number of hydrogen-bond acceptors (Lipinski definition) is 3. The Morgan fingerprint density at radius 3 is 2.38 bits per heavy atom. The number of rotatable bonds is 2. The van der Waals surface area contributed by atoms with Gasteiger partial charge < -0.3 is 10.2 Å². The van der Waals surface area contributed by atoms with Gasteiger partial charge in [0.2, 0.25) is 5.91 Å². The van der Waals surface area contributed by atoms with E-state index in [-0.39, 0.29) is 17.5 Å². The second kappa shape index (κ2) is 5.20. The summed E-state index contributed by atoms with van der Waals surface area (Å²) in [6.07, 6.45) is -3.28. The number of alkyl halides is 3. The summed E-state index contributed by atoms with van der Waals surface area (Å²) in [5.74, 6) is 0.378. The zero-order chi connectivity index (χ0) is 15.8. The van der Waals surface area contributed by atoms with Crippen LogP contribution in [0.2, 0.25) is 0 Å². The number of carbonyl (C=O) groups is 1. The Labute approximate surface area is 121 Å². The Morgan fingerprint density at radius 2 is 1.95 bits per heavy atom. The van der Waals surface area contributed by atoms with Crippen LogP contribution in [-0.2, 0) is 11.0 Å². The van der Waals surface area contributed by atoms with Gasteiger partial charge in [0.1, 0.15) is 5.82 Å². The van der Waals surface area contributed by atoms with Crippen LogP contribution in [0.1, 0.15) is 32.8 Å². The number of halogens is 3. The summed E-state index contributed by atoms with van der Waals surface area (Å²) in [5.41, 5.74) is -1.05. The molecule has 21 heavy (non-hydrogen) atoms. The summed E-state index contributed by atoms with van der Waals surface area (Å²) >= 11 is 0. The summed E-state index contributed by atoms with van der Waals surface area (Å²) in [6, 6.07) is 2.13. The van der Waals surface area contributed by atoms with Gasteiger partial charge in [0.05, 0.1) is 11.6 Å². The largest absolute Gasteiger partial charge is 0.417 e. The van der Waals surface area contributed by atoms with E-state index in [4.69, 9.17) is 0 Å². The van der Waals surface area contributed by atoms with E-state index in [0.717, 1.165) is 12.3 Å². The monoisotopic (exact) mass is 301 g/mol. The molecule has 0 saturated carbocycles. The number of amides is 1. The number of carbonyl (C=O) groups excluding carboxylic acids is 1. The fourth-order valence-electron chi connectivity index (χ4n) is 2.31. The molecule has 1 atom stereocenters. The van der Waals surface area contributed by atoms with Crippen molar-refractivity contribution in [2.45, 2.75) is 44.9 Å². The van der Waals surface area contributed by atoms with Crippen molar-refractivity contribution in [1.82, 2.24) is 9.88 Å². The number of aromatic nitrogens is 1. The first kappa shape index (κ1) is 15.6. The van der Waals surface area contributed by atoms with Crippen molar-refractivity contribution in [1.29, 1.82) is 0 Å². The summed E-state index contributed by atoms with van der Waals surface area (Å²) in [7, 11) is 0. The topological polar surface area (TPSA) is 45.2 Å². The standard InChI is InChI=1S/C14H18F3N3O/c1-13(2,3)20-8-10(6-12(20)21)19-11-5-4-9(7-18-11)14(15,16)17/h4-5,7,10H,6,8H2,1-3H3,(H,18,19). The highest BCUT2D eigenvalue weighted by molar-refractivity contribution is 5.80. The van der Waals surface area contributed by atoms with Gasteiger partial charge in [0.15, 0.2) is 0 Å². The van der Waals surface area contributed by atoms with Gasteiger partial charge in [-0.05, 0) is 32.9 Å². The van der Waals surface area contributed by atoms with Crippen molar-refractivity contribution in [2.75, 3.05) is 11.9 Å². The summed E-state index contributed by atoms with van der Waals surface area (Å²) in [4.78, 5) is 17.4. The average molecular weight is 301 g/mol. The van der Waals surface area contributed by atoms with E-state index < -0.39 is 11.7 Å². The van der Waals surface area contributed by atoms with E-state index in [1.165, 1.54) is 6.07 Å². The van der Waals surface area contributed by atoms with Crippen LogP contribution in [0.4, 0.5) is 19.0 Å². The molecule has 2 rings (SSSR count). The quantitative estimate of drug-likeness (QED) is 0.913. The van der Waals surface area contributed by atoms with E-state index >= 15 is 0 Å². The maximum atomic E-state index is 12.4. The molecule has 1 saturated heterocycles. The molecule has 1 fully saturated rings. The number of nitrogens with zero attached hydrogens (tertiary/aromatic N) is 2. The molecule has 1 amide bonds. The molecule has 1 unspecified atom stereocenters. The molecule has 0 aromatic carbocycles. The van der Waals surface area contributed by atoms with Crippen LogP contribution in [0.3, 0.4) is 0 Å². The molecule has 1 aromatic rings. The van der Waals surface area contributed by atoms with Gasteiger partial charge in [-0.3, -0.25) is 4.79 Å². The first-order valence-electron chi connectivity index (χ1n) is 6.67. The van der Waals surface area contributed by atoms with Crippen molar-refractivity contribution < 1.29 is 18.0 Å². The Kier molecular flexibility index (Phi) is 3.86. The van der Waals surface area contributed by atoms with Crippen LogP contribution in [0.5, 0.6) is 0 Å². The lowest BCUT2D eigenvalue weighted by Crippen LogP contribution is -2.43. The molecular weight excluding hydrogens is 283 g/mol. The zero-order valence-corrected chi connectivity index (χ0v) is 12.2. The molecule has 2 heterocycles. The lowest BCUT2D eigenvalue weighted by Gasteiger charge is -2.32. The van der Waals surface area contributed by atoms with Crippen molar-refractivity contribution in [3.63, 3.8) is 0 Å². The maximum absolute atomic E-state index is 12.4. The summed E-state index contributed by atoms with van der Waals surface area (Å²) in [6.45, 7) is 6.36. The van der Waals surface area contributed by atoms with Crippen molar-refractivity contribution in [2.24, 2.45) is 0 Å². The Hall–Kier alpha value is -1.79. The van der Waals surface area contributed by atoms with E-state index in [0.29, 0.717) is 18.8 Å². The molecule has 4 nitrogen and oxygen atoms in total. The normalized spacial score (nSPS) is 20.0. The molecule has 1 aromatic heterocycles. The number of likely N-dealkylation sites (tertiary alicyclic amines) is 1. The number of hydrogen-bond donors (Lipinski definition) is 1. The van der Waals surface area contributed by atoms with Crippen LogP contribution in [0.15, 0.2) is 18.3 Å². The molecule has 1 N–H and O–H groups in total. The predicted molar refractivity (Wildman–Crippen MR) is 72.7 cm³/mol. The lowest BCUT2D eigenvalue weighted by atomic mass is 10.1. The minimum absolute atomic E-state index is 0.0342. The molecule has 1 aliphatic heterocycles. The molecule has 0 radical (unpaired) electrons. The van der Waals surface area contributed by atoms with Crippen LogP contribution in [0.25, 0.3) is 0 Å². The zero-order valence-electron chi connectivity index (χ0n) is 12.2. The number of nitrogens with one attached hydrogen (secondary N) is 1.